The average molecular weight is 770 g/mol. The highest BCUT2D eigenvalue weighted by Crippen LogP contribution is 2.25. The minimum atomic E-state index is -3.25. The van der Waals surface area contributed by atoms with Gasteiger partial charge in [-0.3, -0.25) is 24.1 Å². The molecular formula is C35H35ClF3N9O6. The van der Waals surface area contributed by atoms with Crippen molar-refractivity contribution in [3.05, 3.63) is 89.2 Å². The minimum Gasteiger partial charge on any atom is -0.456 e. The molecule has 5 rings (SSSR count). The number of anilines is 3. The lowest BCUT2D eigenvalue weighted by Crippen LogP contribution is -2.54. The molecule has 4 amide bonds. The van der Waals surface area contributed by atoms with Gasteiger partial charge in [-0.2, -0.15) is 4.68 Å². The number of benzene rings is 3. The van der Waals surface area contributed by atoms with Gasteiger partial charge in [-0.25, -0.2) is 18.0 Å². The predicted molar refractivity (Wildman–Crippen MR) is 190 cm³/mol. The first-order valence-electron chi connectivity index (χ1n) is 16.4. The number of hydrogen-bond acceptors (Lipinski definition) is 10. The SMILES string of the molecule is CC(C)(C)OC(=O)c1ccc(NC(=O)C(Cc2ccc(N3CCN(C(F)C(F)F)CC3=O)cc2)NC(=O)C(=O)Nc2cc(Cl)ccc2-n2cnnn2)cc1. The Morgan fingerprint density at radius 1 is 0.926 bits per heavy atom. The third-order valence-corrected chi connectivity index (χ3v) is 8.15. The Hall–Kier alpha value is -5.88. The molecule has 2 heterocycles. The smallest absolute Gasteiger partial charge is 0.338 e. The fourth-order valence-electron chi connectivity index (χ4n) is 5.33. The summed E-state index contributed by atoms with van der Waals surface area (Å²) >= 11 is 6.13. The highest BCUT2D eigenvalue weighted by atomic mass is 35.5. The molecule has 3 N–H and O–H groups in total. The molecule has 1 fully saturated rings. The Labute approximate surface area is 311 Å². The standard InChI is InChI=1S/C35H35ClF3N9O6/c1-35(2,3)54-34(53)21-6-9-23(10-7-21)41-31(50)26(43-33(52)32(51)42-25-17-22(36)8-13-27(25)48-19-40-44-45-48)16-20-4-11-24(12-5-20)47-15-14-46(18-28(47)49)30(39)29(37)38/h4-13,17,19,26,29-30H,14-16,18H2,1-3H3,(H,41,50)(H,42,51)(H,43,52). The predicted octanol–water partition coefficient (Wildman–Crippen LogP) is 3.79. The van der Waals surface area contributed by atoms with Crippen LogP contribution < -0.4 is 20.9 Å². The number of piperazine rings is 1. The third-order valence-electron chi connectivity index (χ3n) is 7.91. The topological polar surface area (TPSA) is 181 Å². The molecule has 1 aromatic heterocycles. The molecule has 0 saturated carbocycles. The normalized spacial score (nSPS) is 14.7. The van der Waals surface area contributed by atoms with Gasteiger partial charge in [-0.1, -0.05) is 23.7 Å². The van der Waals surface area contributed by atoms with E-state index in [1.165, 1.54) is 58.4 Å². The van der Waals surface area contributed by atoms with Gasteiger partial charge in [0.1, 0.15) is 18.0 Å². The Morgan fingerprint density at radius 3 is 2.24 bits per heavy atom. The molecule has 1 aliphatic heterocycles. The van der Waals surface area contributed by atoms with Gasteiger partial charge in [0.2, 0.25) is 18.1 Å². The molecule has 284 valence electrons. The second-order valence-electron chi connectivity index (χ2n) is 13.1. The highest BCUT2D eigenvalue weighted by Gasteiger charge is 2.34. The summed E-state index contributed by atoms with van der Waals surface area (Å²) in [6, 6.07) is 15.2. The summed E-state index contributed by atoms with van der Waals surface area (Å²) in [5.74, 6) is -4.16. The molecule has 15 nitrogen and oxygen atoms in total. The van der Waals surface area contributed by atoms with Crippen molar-refractivity contribution in [3.63, 3.8) is 0 Å². The van der Waals surface area contributed by atoms with Crippen LogP contribution in [0.3, 0.4) is 0 Å². The first-order chi connectivity index (χ1) is 25.6. The van der Waals surface area contributed by atoms with Gasteiger partial charge in [0.25, 0.3) is 6.43 Å². The lowest BCUT2D eigenvalue weighted by atomic mass is 10.0. The van der Waals surface area contributed by atoms with Crippen LogP contribution in [0.5, 0.6) is 0 Å². The van der Waals surface area contributed by atoms with Crippen molar-refractivity contribution in [3.8, 4) is 5.69 Å². The first-order valence-corrected chi connectivity index (χ1v) is 16.8. The lowest BCUT2D eigenvalue weighted by molar-refractivity contribution is -0.137. The van der Waals surface area contributed by atoms with E-state index in [1.54, 1.807) is 45.0 Å². The first kappa shape index (κ1) is 39.3. The number of tetrazole rings is 1. The number of carbonyl (C=O) groups excluding carboxylic acids is 5. The highest BCUT2D eigenvalue weighted by molar-refractivity contribution is 6.40. The van der Waals surface area contributed by atoms with Crippen LogP contribution in [-0.2, 0) is 30.3 Å². The summed E-state index contributed by atoms with van der Waals surface area (Å²) in [5.41, 5.74) is 1.10. The average Bonchev–Trinajstić information content (AvgIpc) is 3.66. The van der Waals surface area contributed by atoms with E-state index in [4.69, 9.17) is 16.3 Å². The van der Waals surface area contributed by atoms with Gasteiger partial charge in [-0.15, -0.1) is 5.10 Å². The molecule has 1 aliphatic rings. The monoisotopic (exact) mass is 769 g/mol. The summed E-state index contributed by atoms with van der Waals surface area (Å²) in [7, 11) is 0. The largest absolute Gasteiger partial charge is 0.456 e. The lowest BCUT2D eigenvalue weighted by Gasteiger charge is -2.35. The van der Waals surface area contributed by atoms with Crippen LogP contribution in [0.4, 0.5) is 30.2 Å². The Balaban J connectivity index is 1.32. The molecule has 2 unspecified atom stereocenters. The van der Waals surface area contributed by atoms with Gasteiger partial charge in [0.05, 0.1) is 23.5 Å². The van der Waals surface area contributed by atoms with Crippen LogP contribution in [0.15, 0.2) is 73.1 Å². The zero-order chi connectivity index (χ0) is 39.2. The van der Waals surface area contributed by atoms with E-state index in [-0.39, 0.29) is 41.5 Å². The maximum absolute atomic E-state index is 13.8. The van der Waals surface area contributed by atoms with Crippen LogP contribution >= 0.6 is 11.6 Å². The summed E-state index contributed by atoms with van der Waals surface area (Å²) in [6.07, 6.45) is -4.66. The van der Waals surface area contributed by atoms with Crippen molar-refractivity contribution in [2.75, 3.05) is 35.2 Å². The summed E-state index contributed by atoms with van der Waals surface area (Å²) in [6.45, 7) is 4.51. The zero-order valence-electron chi connectivity index (χ0n) is 29.1. The van der Waals surface area contributed by atoms with Crippen LogP contribution in [0.25, 0.3) is 5.69 Å². The number of hydrogen-bond donors (Lipinski definition) is 3. The third kappa shape index (κ3) is 10.2. The summed E-state index contributed by atoms with van der Waals surface area (Å²) < 4.78 is 46.1. The molecule has 4 aromatic rings. The molecule has 0 aliphatic carbocycles. The zero-order valence-corrected chi connectivity index (χ0v) is 29.9. The molecule has 19 heteroatoms. The molecule has 0 bridgehead atoms. The van der Waals surface area contributed by atoms with Crippen molar-refractivity contribution in [1.82, 2.24) is 30.4 Å². The Bertz CT molecular complexity index is 1990. The number of esters is 1. The number of halogens is 4. The van der Waals surface area contributed by atoms with Gasteiger partial charge in [0, 0.05) is 35.9 Å². The summed E-state index contributed by atoms with van der Waals surface area (Å²) in [4.78, 5) is 67.3. The molecule has 3 aromatic carbocycles. The van der Waals surface area contributed by atoms with Gasteiger partial charge in [0.15, 0.2) is 0 Å². The number of rotatable bonds is 11. The van der Waals surface area contributed by atoms with Crippen LogP contribution in [0.2, 0.25) is 5.02 Å². The molecule has 0 radical (unpaired) electrons. The quantitative estimate of drug-likeness (QED) is 0.115. The van der Waals surface area contributed by atoms with E-state index in [0.717, 1.165) is 4.90 Å². The van der Waals surface area contributed by atoms with Crippen molar-refractivity contribution in [2.24, 2.45) is 0 Å². The Morgan fingerprint density at radius 2 is 1.63 bits per heavy atom. The van der Waals surface area contributed by atoms with E-state index in [1.807, 2.05) is 0 Å². The van der Waals surface area contributed by atoms with Gasteiger partial charge in [-0.05, 0) is 91.4 Å². The maximum Gasteiger partial charge on any atom is 0.338 e. The van der Waals surface area contributed by atoms with Crippen molar-refractivity contribution < 1.29 is 41.9 Å². The minimum absolute atomic E-state index is 0.0317. The van der Waals surface area contributed by atoms with E-state index in [0.29, 0.717) is 16.9 Å². The maximum atomic E-state index is 13.8. The molecule has 2 atom stereocenters. The van der Waals surface area contributed by atoms with Gasteiger partial charge < -0.3 is 25.6 Å². The fourth-order valence-corrected chi connectivity index (χ4v) is 5.50. The Kier molecular flexibility index (Phi) is 12.3. The molecule has 0 spiro atoms. The fraction of sp³-hybridized carbons (Fsp3) is 0.314. The van der Waals surface area contributed by atoms with E-state index in [2.05, 4.69) is 31.5 Å². The van der Waals surface area contributed by atoms with E-state index in [9.17, 15) is 37.1 Å². The second-order valence-corrected chi connectivity index (χ2v) is 13.5. The number of nitrogens with zero attached hydrogens (tertiary/aromatic N) is 6. The number of nitrogens with one attached hydrogen (secondary N) is 3. The molecule has 54 heavy (non-hydrogen) atoms. The van der Waals surface area contributed by atoms with Crippen molar-refractivity contribution >= 4 is 58.3 Å². The van der Waals surface area contributed by atoms with E-state index >= 15 is 0 Å². The molecule has 1 saturated heterocycles. The number of carbonyl (C=O) groups is 5. The summed E-state index contributed by atoms with van der Waals surface area (Å²) in [5, 5.41) is 18.8. The van der Waals surface area contributed by atoms with Crippen molar-refractivity contribution in [1.29, 1.82) is 0 Å². The second kappa shape index (κ2) is 16.9. The number of ether oxygens (including phenoxy) is 1. The van der Waals surface area contributed by atoms with Gasteiger partial charge >= 0.3 is 17.8 Å². The number of aromatic nitrogens is 4. The molecular weight excluding hydrogens is 735 g/mol. The van der Waals surface area contributed by atoms with Crippen LogP contribution in [0, 0.1) is 0 Å². The van der Waals surface area contributed by atoms with Crippen LogP contribution in [0.1, 0.15) is 36.7 Å². The number of amides is 4. The van der Waals surface area contributed by atoms with Crippen LogP contribution in [-0.4, -0.2) is 98.7 Å². The number of alkyl halides is 3. The van der Waals surface area contributed by atoms with Crippen molar-refractivity contribution in [2.45, 2.75) is 51.6 Å². The van der Waals surface area contributed by atoms with E-state index < -0.39 is 60.5 Å².